The van der Waals surface area contributed by atoms with Crippen LogP contribution in [0.5, 0.6) is 0 Å². The van der Waals surface area contributed by atoms with Crippen LogP contribution in [0.15, 0.2) is 34.9 Å². The number of H-pyrrole nitrogens is 1. The highest BCUT2D eigenvalue weighted by molar-refractivity contribution is 5.88. The molecule has 0 unspecified atom stereocenters. The summed E-state index contributed by atoms with van der Waals surface area (Å²) in [6.45, 7) is 5.55. The SMILES string of the molecule is Cc1oc([C@@H](Cc2c[nH]c3ccccc23)NC(=O)[C@H](CC(C)C)NC(=O)CC2CCCCC2)nc1C(=O)O. The Balaban J connectivity index is 1.56. The van der Waals surface area contributed by atoms with Crippen molar-refractivity contribution in [2.24, 2.45) is 11.8 Å². The van der Waals surface area contributed by atoms with Gasteiger partial charge in [0.15, 0.2) is 5.69 Å². The van der Waals surface area contributed by atoms with Crippen molar-refractivity contribution in [1.29, 1.82) is 0 Å². The number of benzene rings is 1. The lowest BCUT2D eigenvalue weighted by molar-refractivity contribution is -0.130. The maximum absolute atomic E-state index is 13.6. The molecule has 2 atom stereocenters. The molecule has 1 saturated carbocycles. The molecule has 0 bridgehead atoms. The van der Waals surface area contributed by atoms with E-state index in [2.05, 4.69) is 20.6 Å². The lowest BCUT2D eigenvalue weighted by Crippen LogP contribution is -2.49. The molecule has 0 saturated heterocycles. The number of para-hydroxylation sites is 1. The predicted molar refractivity (Wildman–Crippen MR) is 144 cm³/mol. The Bertz CT molecular complexity index is 1270. The highest BCUT2D eigenvalue weighted by Gasteiger charge is 2.30. The molecular weight excluding hydrogens is 484 g/mol. The molecule has 1 aliphatic rings. The Labute approximate surface area is 222 Å². The van der Waals surface area contributed by atoms with E-state index in [1.165, 1.54) is 13.3 Å². The fraction of sp³-hybridized carbons (Fsp3) is 0.517. The minimum Gasteiger partial charge on any atom is -0.476 e. The van der Waals surface area contributed by atoms with Gasteiger partial charge >= 0.3 is 5.97 Å². The van der Waals surface area contributed by atoms with Crippen LogP contribution >= 0.6 is 0 Å². The first-order valence-corrected chi connectivity index (χ1v) is 13.6. The summed E-state index contributed by atoms with van der Waals surface area (Å²) in [5, 5.41) is 16.5. The second kappa shape index (κ2) is 12.3. The minimum absolute atomic E-state index is 0.106. The van der Waals surface area contributed by atoms with Crippen LogP contribution in [0.25, 0.3) is 10.9 Å². The zero-order valence-electron chi connectivity index (χ0n) is 22.4. The molecular formula is C29H38N4O5. The first kappa shape index (κ1) is 27.4. The summed E-state index contributed by atoms with van der Waals surface area (Å²) in [6, 6.07) is 6.38. The molecule has 1 fully saturated rings. The van der Waals surface area contributed by atoms with Crippen molar-refractivity contribution in [3.05, 3.63) is 53.4 Å². The number of aromatic nitrogens is 2. The van der Waals surface area contributed by atoms with Crippen LogP contribution < -0.4 is 10.6 Å². The van der Waals surface area contributed by atoms with Gasteiger partial charge in [0.1, 0.15) is 17.8 Å². The molecule has 9 heteroatoms. The van der Waals surface area contributed by atoms with Crippen molar-refractivity contribution < 1.29 is 23.9 Å². The van der Waals surface area contributed by atoms with E-state index in [4.69, 9.17) is 4.42 Å². The van der Waals surface area contributed by atoms with Gasteiger partial charge in [-0.2, -0.15) is 0 Å². The summed E-state index contributed by atoms with van der Waals surface area (Å²) in [5.74, 6) is -0.802. The largest absolute Gasteiger partial charge is 0.476 e. The van der Waals surface area contributed by atoms with Crippen molar-refractivity contribution in [1.82, 2.24) is 20.6 Å². The van der Waals surface area contributed by atoms with Gasteiger partial charge < -0.3 is 25.1 Å². The summed E-state index contributed by atoms with van der Waals surface area (Å²) < 4.78 is 5.74. The number of amides is 2. The van der Waals surface area contributed by atoms with Gasteiger partial charge in [0.2, 0.25) is 17.7 Å². The Morgan fingerprint density at radius 2 is 1.87 bits per heavy atom. The van der Waals surface area contributed by atoms with Gasteiger partial charge in [0.25, 0.3) is 0 Å². The normalized spacial score (nSPS) is 15.9. The fourth-order valence-corrected chi connectivity index (χ4v) is 5.37. The van der Waals surface area contributed by atoms with Crippen molar-refractivity contribution >= 4 is 28.7 Å². The Morgan fingerprint density at radius 1 is 1.13 bits per heavy atom. The Kier molecular flexibility index (Phi) is 8.86. The molecule has 204 valence electrons. The molecule has 2 aromatic heterocycles. The van der Waals surface area contributed by atoms with Crippen LogP contribution in [0, 0.1) is 18.8 Å². The predicted octanol–water partition coefficient (Wildman–Crippen LogP) is 5.06. The van der Waals surface area contributed by atoms with Crippen LogP contribution in [0.3, 0.4) is 0 Å². The van der Waals surface area contributed by atoms with E-state index in [-0.39, 0.29) is 35.1 Å². The number of aromatic amines is 1. The first-order chi connectivity index (χ1) is 18.2. The molecule has 0 radical (unpaired) electrons. The van der Waals surface area contributed by atoms with E-state index in [1.54, 1.807) is 0 Å². The van der Waals surface area contributed by atoms with E-state index >= 15 is 0 Å². The fourth-order valence-electron chi connectivity index (χ4n) is 5.37. The third-order valence-corrected chi connectivity index (χ3v) is 7.29. The molecule has 9 nitrogen and oxygen atoms in total. The van der Waals surface area contributed by atoms with Crippen LogP contribution in [0.2, 0.25) is 0 Å². The summed E-state index contributed by atoms with van der Waals surface area (Å²) in [4.78, 5) is 45.5. The van der Waals surface area contributed by atoms with E-state index in [0.29, 0.717) is 25.2 Å². The van der Waals surface area contributed by atoms with Crippen molar-refractivity contribution in [2.75, 3.05) is 0 Å². The highest BCUT2D eigenvalue weighted by atomic mass is 16.4. The molecule has 2 heterocycles. The van der Waals surface area contributed by atoms with Gasteiger partial charge in [-0.05, 0) is 49.7 Å². The Hall–Kier alpha value is -3.62. The van der Waals surface area contributed by atoms with Crippen molar-refractivity contribution in [3.8, 4) is 0 Å². The second-order valence-corrected chi connectivity index (χ2v) is 10.8. The van der Waals surface area contributed by atoms with Gasteiger partial charge in [0, 0.05) is 29.9 Å². The molecule has 2 amide bonds. The molecule has 3 aromatic rings. The first-order valence-electron chi connectivity index (χ1n) is 13.6. The number of carbonyl (C=O) groups is 3. The average Bonchev–Trinajstić information content (AvgIpc) is 3.47. The summed E-state index contributed by atoms with van der Waals surface area (Å²) in [5.41, 5.74) is 1.70. The summed E-state index contributed by atoms with van der Waals surface area (Å²) in [6.07, 6.45) is 8.74. The van der Waals surface area contributed by atoms with Crippen molar-refractivity contribution in [3.63, 3.8) is 0 Å². The van der Waals surface area contributed by atoms with Crippen LogP contribution in [0.1, 0.15) is 92.5 Å². The highest BCUT2D eigenvalue weighted by Crippen LogP contribution is 2.27. The zero-order chi connectivity index (χ0) is 27.2. The lowest BCUT2D eigenvalue weighted by Gasteiger charge is -2.25. The Morgan fingerprint density at radius 3 is 2.55 bits per heavy atom. The third kappa shape index (κ3) is 6.82. The zero-order valence-corrected chi connectivity index (χ0v) is 22.4. The van der Waals surface area contributed by atoms with Gasteiger partial charge in [-0.1, -0.05) is 51.3 Å². The second-order valence-electron chi connectivity index (χ2n) is 10.8. The number of fused-ring (bicyclic) bond motifs is 1. The number of nitrogens with zero attached hydrogens (tertiary/aromatic N) is 1. The maximum Gasteiger partial charge on any atom is 0.358 e. The van der Waals surface area contributed by atoms with Gasteiger partial charge in [-0.15, -0.1) is 0 Å². The number of carboxylic acid groups (broad SMARTS) is 1. The number of carboxylic acids is 1. The average molecular weight is 523 g/mol. The number of nitrogens with one attached hydrogen (secondary N) is 3. The number of hydrogen-bond donors (Lipinski definition) is 4. The van der Waals surface area contributed by atoms with Crippen LogP contribution in [-0.4, -0.2) is 38.9 Å². The van der Waals surface area contributed by atoms with Crippen LogP contribution in [-0.2, 0) is 16.0 Å². The lowest BCUT2D eigenvalue weighted by atomic mass is 9.86. The number of rotatable bonds is 11. The van der Waals surface area contributed by atoms with Gasteiger partial charge in [-0.25, -0.2) is 9.78 Å². The molecule has 4 rings (SSSR count). The number of aryl methyl sites for hydroxylation is 1. The monoisotopic (exact) mass is 522 g/mol. The molecule has 1 aliphatic carbocycles. The molecule has 4 N–H and O–H groups in total. The van der Waals surface area contributed by atoms with E-state index in [9.17, 15) is 19.5 Å². The molecule has 38 heavy (non-hydrogen) atoms. The molecule has 1 aromatic carbocycles. The topological polar surface area (TPSA) is 137 Å². The maximum atomic E-state index is 13.6. The number of carbonyl (C=O) groups excluding carboxylic acids is 2. The quantitative estimate of drug-likeness (QED) is 0.278. The van der Waals surface area contributed by atoms with E-state index < -0.39 is 18.1 Å². The minimum atomic E-state index is -1.19. The number of oxazole rings is 1. The smallest absolute Gasteiger partial charge is 0.358 e. The summed E-state index contributed by atoms with van der Waals surface area (Å²) >= 11 is 0. The molecule has 0 spiro atoms. The number of hydrogen-bond acceptors (Lipinski definition) is 5. The van der Waals surface area contributed by atoms with Gasteiger partial charge in [-0.3, -0.25) is 9.59 Å². The van der Waals surface area contributed by atoms with E-state index in [0.717, 1.165) is 42.1 Å². The molecule has 0 aliphatic heterocycles. The third-order valence-electron chi connectivity index (χ3n) is 7.29. The van der Waals surface area contributed by atoms with E-state index in [1.807, 2.05) is 44.3 Å². The van der Waals surface area contributed by atoms with Crippen molar-refractivity contribution in [2.45, 2.75) is 84.2 Å². The standard InChI is InChI=1S/C29H38N4O5/c1-17(2)13-23(31-25(34)14-19-9-5-4-6-10-19)27(35)32-24(28-33-26(29(36)37)18(3)38-28)15-20-16-30-22-12-8-7-11-21(20)22/h7-8,11-12,16-17,19,23-24,30H,4-6,9-10,13-15H2,1-3H3,(H,31,34)(H,32,35)(H,36,37)/t23-,24+/m0/s1. The number of aromatic carboxylic acids is 1. The van der Waals surface area contributed by atoms with Gasteiger partial charge in [0.05, 0.1) is 0 Å². The van der Waals surface area contributed by atoms with Crippen LogP contribution in [0.4, 0.5) is 0 Å². The summed E-state index contributed by atoms with van der Waals surface area (Å²) in [7, 11) is 0.